The van der Waals surface area contributed by atoms with Crippen molar-refractivity contribution in [3.8, 4) is 0 Å². The van der Waals surface area contributed by atoms with E-state index in [1.54, 1.807) is 12.1 Å². The van der Waals surface area contributed by atoms with Crippen molar-refractivity contribution in [2.24, 2.45) is 5.92 Å². The molecule has 0 saturated carbocycles. The molecule has 1 aliphatic rings. The van der Waals surface area contributed by atoms with E-state index >= 15 is 0 Å². The molecule has 0 bridgehead atoms. The molecule has 14 heavy (non-hydrogen) atoms. The van der Waals surface area contributed by atoms with Crippen LogP contribution in [0.2, 0.25) is 0 Å². The van der Waals surface area contributed by atoms with Crippen molar-refractivity contribution in [3.63, 3.8) is 0 Å². The van der Waals surface area contributed by atoms with Gasteiger partial charge in [0.05, 0.1) is 0 Å². The Bertz CT molecular complexity index is 310. The monoisotopic (exact) mass is 197 g/mol. The Balaban J connectivity index is 2.02. The lowest BCUT2D eigenvalue weighted by Gasteiger charge is -2.28. The molecule has 1 aromatic carbocycles. The Morgan fingerprint density at radius 2 is 2.07 bits per heavy atom. The molecule has 0 aliphatic carbocycles. The lowest BCUT2D eigenvalue weighted by molar-refractivity contribution is 0.220. The fourth-order valence-electron chi connectivity index (χ4n) is 1.66. The normalized spacial score (nSPS) is 19.0. The molecule has 0 amide bonds. The van der Waals surface area contributed by atoms with Gasteiger partial charge in [-0.05, 0) is 31.5 Å². The van der Waals surface area contributed by atoms with Gasteiger partial charge < -0.3 is 5.32 Å². The van der Waals surface area contributed by atoms with Crippen molar-refractivity contribution in [1.82, 2.24) is 5.32 Å². The highest BCUT2D eigenvalue weighted by Crippen LogP contribution is 2.28. The fraction of sp³-hybridized carbons (Fsp3) is 0.455. The van der Waals surface area contributed by atoms with Crippen molar-refractivity contribution >= 4 is 0 Å². The number of alkyl halides is 1. The summed E-state index contributed by atoms with van der Waals surface area (Å²) in [6.07, 6.45) is -0.739. The van der Waals surface area contributed by atoms with Gasteiger partial charge in [-0.2, -0.15) is 0 Å². The first-order valence-electron chi connectivity index (χ1n) is 4.86. The molecule has 1 unspecified atom stereocenters. The maximum Gasteiger partial charge on any atom is 0.129 e. The Morgan fingerprint density at radius 1 is 1.36 bits per heavy atom. The summed E-state index contributed by atoms with van der Waals surface area (Å²) in [4.78, 5) is 0. The number of hydrogen-bond donors (Lipinski definition) is 1. The van der Waals surface area contributed by atoms with Crippen molar-refractivity contribution in [2.45, 2.75) is 12.6 Å². The molecule has 0 aromatic heterocycles. The lowest BCUT2D eigenvalue weighted by Crippen LogP contribution is -2.42. The Labute approximate surface area is 82.1 Å². The second-order valence-electron chi connectivity index (χ2n) is 3.75. The maximum atomic E-state index is 13.6. The van der Waals surface area contributed by atoms with E-state index in [2.05, 4.69) is 5.32 Å². The quantitative estimate of drug-likeness (QED) is 0.784. The van der Waals surface area contributed by atoms with Crippen LogP contribution in [0.5, 0.6) is 0 Å². The van der Waals surface area contributed by atoms with E-state index in [1.165, 1.54) is 12.1 Å². The minimum Gasteiger partial charge on any atom is -0.316 e. The molecule has 2 rings (SSSR count). The highest BCUT2D eigenvalue weighted by molar-refractivity contribution is 5.20. The highest BCUT2D eigenvalue weighted by Gasteiger charge is 2.23. The number of rotatable bonds is 3. The smallest absolute Gasteiger partial charge is 0.129 e. The molecule has 1 heterocycles. The summed E-state index contributed by atoms with van der Waals surface area (Å²) >= 11 is 0. The van der Waals surface area contributed by atoms with Crippen LogP contribution in [0.3, 0.4) is 0 Å². The van der Waals surface area contributed by atoms with Gasteiger partial charge in [0, 0.05) is 5.56 Å². The second kappa shape index (κ2) is 4.05. The van der Waals surface area contributed by atoms with Gasteiger partial charge in [-0.3, -0.25) is 0 Å². The van der Waals surface area contributed by atoms with E-state index in [0.29, 0.717) is 12.3 Å². The lowest BCUT2D eigenvalue weighted by atomic mass is 9.93. The number of nitrogens with one attached hydrogen (secondary N) is 1. The van der Waals surface area contributed by atoms with E-state index in [0.717, 1.165) is 13.1 Å². The van der Waals surface area contributed by atoms with Crippen LogP contribution in [0.1, 0.15) is 18.2 Å². The molecular formula is C11H13F2N. The molecule has 1 saturated heterocycles. The molecule has 76 valence electrons. The van der Waals surface area contributed by atoms with Crippen molar-refractivity contribution in [3.05, 3.63) is 35.6 Å². The predicted octanol–water partition coefficient (Wildman–Crippen LogP) is 2.45. The standard InChI is InChI=1S/C11H13F2N/c12-10-4-2-1-3-9(10)11(13)5-8-6-14-7-8/h1-4,8,11,14H,5-7H2. The summed E-state index contributed by atoms with van der Waals surface area (Å²) in [6.45, 7) is 1.71. The van der Waals surface area contributed by atoms with E-state index in [9.17, 15) is 8.78 Å². The molecule has 1 atom stereocenters. The summed E-state index contributed by atoms with van der Waals surface area (Å²) in [7, 11) is 0. The van der Waals surface area contributed by atoms with Crippen LogP contribution in [0.4, 0.5) is 8.78 Å². The van der Waals surface area contributed by atoms with Gasteiger partial charge in [0.15, 0.2) is 0 Å². The van der Waals surface area contributed by atoms with E-state index in [4.69, 9.17) is 0 Å². The molecule has 1 aromatic rings. The van der Waals surface area contributed by atoms with Crippen LogP contribution >= 0.6 is 0 Å². The molecule has 1 fully saturated rings. The van der Waals surface area contributed by atoms with Crippen LogP contribution < -0.4 is 5.32 Å². The van der Waals surface area contributed by atoms with Gasteiger partial charge in [0.25, 0.3) is 0 Å². The van der Waals surface area contributed by atoms with E-state index in [1.807, 2.05) is 0 Å². The Hall–Kier alpha value is -0.960. The molecule has 1 nitrogen and oxygen atoms in total. The third kappa shape index (κ3) is 1.93. The van der Waals surface area contributed by atoms with Crippen LogP contribution in [0, 0.1) is 11.7 Å². The first kappa shape index (κ1) is 9.59. The Morgan fingerprint density at radius 3 is 2.64 bits per heavy atom. The third-order valence-electron chi connectivity index (χ3n) is 2.65. The minimum absolute atomic E-state index is 0.194. The zero-order chi connectivity index (χ0) is 9.97. The zero-order valence-electron chi connectivity index (χ0n) is 7.84. The number of hydrogen-bond acceptors (Lipinski definition) is 1. The van der Waals surface area contributed by atoms with Gasteiger partial charge in [-0.25, -0.2) is 8.78 Å². The molecule has 3 heteroatoms. The van der Waals surface area contributed by atoms with Gasteiger partial charge in [0.2, 0.25) is 0 Å². The number of halogens is 2. The van der Waals surface area contributed by atoms with Gasteiger partial charge in [-0.15, -0.1) is 0 Å². The fourth-order valence-corrected chi connectivity index (χ4v) is 1.66. The number of benzene rings is 1. The average molecular weight is 197 g/mol. The van der Waals surface area contributed by atoms with Gasteiger partial charge in [-0.1, -0.05) is 18.2 Å². The summed E-state index contributed by atoms with van der Waals surface area (Å²) in [5.74, 6) is -0.0723. The second-order valence-corrected chi connectivity index (χ2v) is 3.75. The summed E-state index contributed by atoms with van der Waals surface area (Å²) in [5.41, 5.74) is 0.194. The van der Waals surface area contributed by atoms with Crippen molar-refractivity contribution in [2.75, 3.05) is 13.1 Å². The summed E-state index contributed by atoms with van der Waals surface area (Å²) < 4.78 is 26.8. The van der Waals surface area contributed by atoms with Crippen LogP contribution in [0.15, 0.2) is 24.3 Å². The first-order chi connectivity index (χ1) is 6.77. The van der Waals surface area contributed by atoms with Crippen LogP contribution in [-0.4, -0.2) is 13.1 Å². The third-order valence-corrected chi connectivity index (χ3v) is 2.65. The Kier molecular flexibility index (Phi) is 2.77. The maximum absolute atomic E-state index is 13.6. The van der Waals surface area contributed by atoms with Crippen molar-refractivity contribution < 1.29 is 8.78 Å². The van der Waals surface area contributed by atoms with Crippen LogP contribution in [0.25, 0.3) is 0 Å². The zero-order valence-corrected chi connectivity index (χ0v) is 7.84. The molecular weight excluding hydrogens is 184 g/mol. The van der Waals surface area contributed by atoms with Crippen LogP contribution in [-0.2, 0) is 0 Å². The highest BCUT2D eigenvalue weighted by atomic mass is 19.1. The van der Waals surface area contributed by atoms with Gasteiger partial charge in [0.1, 0.15) is 12.0 Å². The van der Waals surface area contributed by atoms with Crippen molar-refractivity contribution in [1.29, 1.82) is 0 Å². The molecule has 1 aliphatic heterocycles. The molecule has 0 spiro atoms. The predicted molar refractivity (Wildman–Crippen MR) is 51.2 cm³/mol. The summed E-state index contributed by atoms with van der Waals surface area (Å²) in [6, 6.07) is 6.08. The van der Waals surface area contributed by atoms with Gasteiger partial charge >= 0.3 is 0 Å². The van der Waals surface area contributed by atoms with E-state index < -0.39 is 12.0 Å². The molecule has 1 N–H and O–H groups in total. The SMILES string of the molecule is Fc1ccccc1C(F)CC1CNC1. The minimum atomic E-state index is -1.16. The first-order valence-corrected chi connectivity index (χ1v) is 4.86. The largest absolute Gasteiger partial charge is 0.316 e. The molecule has 0 radical (unpaired) electrons. The summed E-state index contributed by atoms with van der Waals surface area (Å²) in [5, 5.41) is 3.07. The van der Waals surface area contributed by atoms with E-state index in [-0.39, 0.29) is 5.56 Å². The topological polar surface area (TPSA) is 12.0 Å². The average Bonchev–Trinajstić information content (AvgIpc) is 2.12.